The molecule has 0 amide bonds. The zero-order valence-electron chi connectivity index (χ0n) is 7.37. The van der Waals surface area contributed by atoms with Gasteiger partial charge in [-0.2, -0.15) is 5.26 Å². The van der Waals surface area contributed by atoms with Crippen molar-refractivity contribution in [2.45, 2.75) is 13.8 Å². The minimum atomic E-state index is 0.766. The van der Waals surface area contributed by atoms with Crippen LogP contribution in [0, 0.1) is 11.3 Å². The van der Waals surface area contributed by atoms with Crippen molar-refractivity contribution >= 4 is 16.3 Å². The van der Waals surface area contributed by atoms with Gasteiger partial charge in [0.1, 0.15) is 6.07 Å². The fourth-order valence-corrected chi connectivity index (χ4v) is 2.06. The molecule has 64 valence electrons. The first-order valence-electron chi connectivity index (χ1n) is 4.05. The summed E-state index contributed by atoms with van der Waals surface area (Å²) in [4.78, 5) is 2.24. The highest BCUT2D eigenvalue weighted by atomic mass is 32.1. The van der Waals surface area contributed by atoms with Crippen molar-refractivity contribution in [1.29, 1.82) is 5.26 Å². The molecule has 0 saturated carbocycles. The number of hydrogen-bond donors (Lipinski definition) is 0. The van der Waals surface area contributed by atoms with Crippen LogP contribution in [0.4, 0.5) is 5.00 Å². The molecule has 0 aromatic carbocycles. The standard InChI is InChI=1S/C9H12N2S/c1-3-11(4-2)9-5-8(6-10)7-12-9/h5,7H,3-4H2,1-2H3. The molecule has 12 heavy (non-hydrogen) atoms. The second kappa shape index (κ2) is 4.13. The third-order valence-corrected chi connectivity index (χ3v) is 2.78. The van der Waals surface area contributed by atoms with Crippen LogP contribution in [0.15, 0.2) is 11.4 Å². The molecule has 0 atom stereocenters. The summed E-state index contributed by atoms with van der Waals surface area (Å²) in [5.41, 5.74) is 0.766. The molecular formula is C9H12N2S. The van der Waals surface area contributed by atoms with Crippen molar-refractivity contribution in [2.75, 3.05) is 18.0 Å². The van der Waals surface area contributed by atoms with Gasteiger partial charge in [0.05, 0.1) is 10.6 Å². The highest BCUT2D eigenvalue weighted by molar-refractivity contribution is 7.14. The number of rotatable bonds is 3. The number of thiophene rings is 1. The molecule has 0 aliphatic rings. The van der Waals surface area contributed by atoms with Gasteiger partial charge in [0.2, 0.25) is 0 Å². The minimum absolute atomic E-state index is 0.766. The van der Waals surface area contributed by atoms with Gasteiger partial charge >= 0.3 is 0 Å². The fraction of sp³-hybridized carbons (Fsp3) is 0.444. The summed E-state index contributed by atoms with van der Waals surface area (Å²) < 4.78 is 0. The summed E-state index contributed by atoms with van der Waals surface area (Å²) in [6, 6.07) is 4.08. The Kier molecular flexibility index (Phi) is 3.12. The molecule has 2 nitrogen and oxygen atoms in total. The maximum Gasteiger partial charge on any atom is 0.100 e. The Hall–Kier alpha value is -1.01. The normalized spacial score (nSPS) is 9.42. The average Bonchev–Trinajstić information content (AvgIpc) is 2.55. The number of hydrogen-bond acceptors (Lipinski definition) is 3. The van der Waals surface area contributed by atoms with E-state index in [1.807, 2.05) is 11.4 Å². The van der Waals surface area contributed by atoms with E-state index in [0.717, 1.165) is 18.7 Å². The third kappa shape index (κ3) is 1.77. The molecule has 1 aromatic heterocycles. The molecule has 0 radical (unpaired) electrons. The van der Waals surface area contributed by atoms with Crippen LogP contribution in [-0.4, -0.2) is 13.1 Å². The Bertz CT molecular complexity index is 281. The van der Waals surface area contributed by atoms with E-state index in [-0.39, 0.29) is 0 Å². The molecule has 1 rings (SSSR count). The zero-order valence-corrected chi connectivity index (χ0v) is 8.19. The van der Waals surface area contributed by atoms with E-state index in [1.165, 1.54) is 5.00 Å². The molecule has 0 saturated heterocycles. The number of anilines is 1. The number of nitrogens with zero attached hydrogens (tertiary/aromatic N) is 2. The monoisotopic (exact) mass is 180 g/mol. The fourth-order valence-electron chi connectivity index (χ4n) is 1.08. The summed E-state index contributed by atoms with van der Waals surface area (Å²) in [6.07, 6.45) is 0. The molecular weight excluding hydrogens is 168 g/mol. The lowest BCUT2D eigenvalue weighted by Gasteiger charge is -2.17. The van der Waals surface area contributed by atoms with Crippen LogP contribution < -0.4 is 4.90 Å². The smallest absolute Gasteiger partial charge is 0.100 e. The SMILES string of the molecule is CCN(CC)c1cc(C#N)cs1. The van der Waals surface area contributed by atoms with Crippen LogP contribution in [0.1, 0.15) is 19.4 Å². The molecule has 0 aliphatic carbocycles. The van der Waals surface area contributed by atoms with Crippen LogP contribution >= 0.6 is 11.3 Å². The predicted molar refractivity (Wildman–Crippen MR) is 52.6 cm³/mol. The zero-order chi connectivity index (χ0) is 8.97. The van der Waals surface area contributed by atoms with Gasteiger partial charge in [-0.25, -0.2) is 0 Å². The average molecular weight is 180 g/mol. The lowest BCUT2D eigenvalue weighted by atomic mass is 10.3. The van der Waals surface area contributed by atoms with E-state index in [9.17, 15) is 0 Å². The summed E-state index contributed by atoms with van der Waals surface area (Å²) in [7, 11) is 0. The van der Waals surface area contributed by atoms with E-state index >= 15 is 0 Å². The van der Waals surface area contributed by atoms with Gasteiger partial charge in [0.25, 0.3) is 0 Å². The second-order valence-corrected chi connectivity index (χ2v) is 3.35. The molecule has 0 fully saturated rings. The summed E-state index contributed by atoms with van der Waals surface area (Å²) >= 11 is 1.63. The maximum absolute atomic E-state index is 8.62. The summed E-state index contributed by atoms with van der Waals surface area (Å²) in [6.45, 7) is 6.24. The predicted octanol–water partition coefficient (Wildman–Crippen LogP) is 2.47. The van der Waals surface area contributed by atoms with Gasteiger partial charge in [0, 0.05) is 18.5 Å². The lowest BCUT2D eigenvalue weighted by molar-refractivity contribution is 0.876. The first kappa shape index (κ1) is 9.08. The Morgan fingerprint density at radius 1 is 1.50 bits per heavy atom. The molecule has 1 aromatic rings. The van der Waals surface area contributed by atoms with Crippen molar-refractivity contribution in [1.82, 2.24) is 0 Å². The topological polar surface area (TPSA) is 27.0 Å². The summed E-state index contributed by atoms with van der Waals surface area (Å²) in [5, 5.41) is 11.7. The molecule has 0 bridgehead atoms. The van der Waals surface area contributed by atoms with Gasteiger partial charge in [-0.1, -0.05) is 0 Å². The van der Waals surface area contributed by atoms with Crippen LogP contribution in [0.2, 0.25) is 0 Å². The van der Waals surface area contributed by atoms with E-state index < -0.39 is 0 Å². The minimum Gasteiger partial charge on any atom is -0.364 e. The van der Waals surface area contributed by atoms with Crippen molar-refractivity contribution < 1.29 is 0 Å². The van der Waals surface area contributed by atoms with E-state index in [2.05, 4.69) is 24.8 Å². The largest absolute Gasteiger partial charge is 0.364 e. The number of nitriles is 1. The Balaban J connectivity index is 2.81. The van der Waals surface area contributed by atoms with Crippen LogP contribution in [-0.2, 0) is 0 Å². The third-order valence-electron chi connectivity index (χ3n) is 1.79. The van der Waals surface area contributed by atoms with Crippen LogP contribution in [0.25, 0.3) is 0 Å². The lowest BCUT2D eigenvalue weighted by Crippen LogP contribution is -2.20. The molecule has 0 aliphatic heterocycles. The molecule has 1 heterocycles. The van der Waals surface area contributed by atoms with E-state index in [4.69, 9.17) is 5.26 Å². The Morgan fingerprint density at radius 2 is 2.17 bits per heavy atom. The van der Waals surface area contributed by atoms with Gasteiger partial charge in [-0.05, 0) is 19.9 Å². The first-order valence-corrected chi connectivity index (χ1v) is 4.93. The second-order valence-electron chi connectivity index (χ2n) is 2.46. The van der Waals surface area contributed by atoms with Crippen LogP contribution in [0.3, 0.4) is 0 Å². The van der Waals surface area contributed by atoms with Crippen molar-refractivity contribution in [3.63, 3.8) is 0 Å². The van der Waals surface area contributed by atoms with Crippen molar-refractivity contribution in [3.8, 4) is 6.07 Å². The van der Waals surface area contributed by atoms with Gasteiger partial charge in [-0.15, -0.1) is 11.3 Å². The molecule has 3 heteroatoms. The van der Waals surface area contributed by atoms with Crippen molar-refractivity contribution in [2.24, 2.45) is 0 Å². The quantitative estimate of drug-likeness (QED) is 0.714. The Labute approximate surface area is 77.0 Å². The van der Waals surface area contributed by atoms with Gasteiger partial charge in [-0.3, -0.25) is 0 Å². The van der Waals surface area contributed by atoms with E-state index in [0.29, 0.717) is 0 Å². The van der Waals surface area contributed by atoms with Gasteiger partial charge < -0.3 is 4.90 Å². The highest BCUT2D eigenvalue weighted by Gasteiger charge is 2.04. The first-order chi connectivity index (χ1) is 5.81. The van der Waals surface area contributed by atoms with Crippen molar-refractivity contribution in [3.05, 3.63) is 17.0 Å². The maximum atomic E-state index is 8.62. The van der Waals surface area contributed by atoms with E-state index in [1.54, 1.807) is 11.3 Å². The molecule has 0 unspecified atom stereocenters. The highest BCUT2D eigenvalue weighted by Crippen LogP contribution is 2.23. The van der Waals surface area contributed by atoms with Crippen LogP contribution in [0.5, 0.6) is 0 Å². The van der Waals surface area contributed by atoms with Gasteiger partial charge in [0.15, 0.2) is 0 Å². The summed E-state index contributed by atoms with van der Waals surface area (Å²) in [5.74, 6) is 0. The molecule has 0 N–H and O–H groups in total. The Morgan fingerprint density at radius 3 is 2.58 bits per heavy atom. The molecule has 0 spiro atoms.